The summed E-state index contributed by atoms with van der Waals surface area (Å²) in [7, 11) is 3.16. The van der Waals surface area contributed by atoms with E-state index in [1.807, 2.05) is 0 Å². The van der Waals surface area contributed by atoms with Gasteiger partial charge in [0.05, 0.1) is 36.8 Å². The van der Waals surface area contributed by atoms with Crippen molar-refractivity contribution in [3.63, 3.8) is 0 Å². The number of halogens is 1. The summed E-state index contributed by atoms with van der Waals surface area (Å²) >= 11 is 0. The molecule has 1 unspecified atom stereocenters. The molecule has 10 nitrogen and oxygen atoms in total. The number of aromatic nitrogens is 5. The molecule has 4 rings (SSSR count). The SMILES string of the molecule is CNc1cc(F)ccc1C(=N)c1cnc2[nH]cc(C(=O)NC(C)c3ncc(OC)[nH]3)c2n1. The summed E-state index contributed by atoms with van der Waals surface area (Å²) in [4.78, 5) is 31.7. The number of amides is 1. The molecule has 0 aliphatic rings. The molecule has 0 radical (unpaired) electrons. The molecule has 1 aromatic carbocycles. The standard InChI is InChI=1S/C21H21FN8O2/c1-10(19-27-9-16(30-19)32-3)28-21(31)13-7-25-20-18(13)29-15(8-26-20)17(23)12-5-4-11(22)6-14(12)24-2/h4-10,23-24H,1-3H3,(H,25,26)(H,27,30)(H,28,31). The Morgan fingerprint density at radius 2 is 2.06 bits per heavy atom. The highest BCUT2D eigenvalue weighted by Crippen LogP contribution is 2.22. The molecule has 0 saturated heterocycles. The zero-order chi connectivity index (χ0) is 22.8. The Bertz CT molecular complexity index is 1310. The fourth-order valence-corrected chi connectivity index (χ4v) is 3.25. The minimum absolute atomic E-state index is 0.0485. The van der Waals surface area contributed by atoms with Crippen LogP contribution in [0.1, 0.15) is 40.4 Å². The van der Waals surface area contributed by atoms with Gasteiger partial charge in [-0.2, -0.15) is 0 Å². The summed E-state index contributed by atoms with van der Waals surface area (Å²) in [6, 6.07) is 3.66. The maximum absolute atomic E-state index is 13.6. The molecule has 0 bridgehead atoms. The van der Waals surface area contributed by atoms with Crippen LogP contribution in [0.3, 0.4) is 0 Å². The number of rotatable bonds is 7. The topological polar surface area (TPSA) is 144 Å². The van der Waals surface area contributed by atoms with Gasteiger partial charge in [-0.05, 0) is 25.1 Å². The fraction of sp³-hybridized carbons (Fsp3) is 0.190. The van der Waals surface area contributed by atoms with E-state index < -0.39 is 11.9 Å². The zero-order valence-corrected chi connectivity index (χ0v) is 17.6. The van der Waals surface area contributed by atoms with Crippen molar-refractivity contribution in [3.8, 4) is 5.88 Å². The largest absolute Gasteiger partial charge is 0.481 e. The first kappa shape index (κ1) is 21.0. The number of nitrogens with one attached hydrogen (secondary N) is 5. The quantitative estimate of drug-likeness (QED) is 0.282. The van der Waals surface area contributed by atoms with Gasteiger partial charge in [-0.3, -0.25) is 10.2 Å². The van der Waals surface area contributed by atoms with Crippen LogP contribution in [0.4, 0.5) is 10.1 Å². The van der Waals surface area contributed by atoms with Crippen molar-refractivity contribution >= 4 is 28.5 Å². The van der Waals surface area contributed by atoms with Gasteiger partial charge in [0.1, 0.15) is 22.9 Å². The Labute approximate surface area is 182 Å². The third-order valence-corrected chi connectivity index (χ3v) is 4.95. The Hall–Kier alpha value is -4.28. The van der Waals surface area contributed by atoms with E-state index in [4.69, 9.17) is 10.1 Å². The Balaban J connectivity index is 1.62. The first-order chi connectivity index (χ1) is 15.4. The van der Waals surface area contributed by atoms with Gasteiger partial charge in [0.25, 0.3) is 5.91 Å². The maximum atomic E-state index is 13.6. The van der Waals surface area contributed by atoms with Gasteiger partial charge >= 0.3 is 0 Å². The number of ether oxygens (including phenoxy) is 1. The summed E-state index contributed by atoms with van der Waals surface area (Å²) in [6.07, 6.45) is 4.48. The normalized spacial score (nSPS) is 11.9. The molecule has 1 amide bonds. The number of anilines is 1. The van der Waals surface area contributed by atoms with E-state index >= 15 is 0 Å². The van der Waals surface area contributed by atoms with Crippen molar-refractivity contribution in [2.24, 2.45) is 0 Å². The monoisotopic (exact) mass is 436 g/mol. The molecular formula is C21H21FN8O2. The molecule has 164 valence electrons. The molecule has 1 atom stereocenters. The van der Waals surface area contributed by atoms with Crippen LogP contribution in [0.5, 0.6) is 5.88 Å². The number of methoxy groups -OCH3 is 1. The zero-order valence-electron chi connectivity index (χ0n) is 17.6. The lowest BCUT2D eigenvalue weighted by Gasteiger charge is -2.11. The van der Waals surface area contributed by atoms with Gasteiger partial charge < -0.3 is 25.3 Å². The molecule has 3 aromatic heterocycles. The highest BCUT2D eigenvalue weighted by atomic mass is 19.1. The number of H-pyrrole nitrogens is 2. The van der Waals surface area contributed by atoms with Crippen LogP contribution in [0.15, 0.2) is 36.8 Å². The van der Waals surface area contributed by atoms with Crippen LogP contribution in [-0.2, 0) is 0 Å². The van der Waals surface area contributed by atoms with Crippen LogP contribution in [0.2, 0.25) is 0 Å². The lowest BCUT2D eigenvalue weighted by Crippen LogP contribution is -2.27. The van der Waals surface area contributed by atoms with E-state index in [9.17, 15) is 9.18 Å². The van der Waals surface area contributed by atoms with E-state index in [0.29, 0.717) is 34.1 Å². The molecule has 0 aliphatic heterocycles. The number of fused-ring (bicyclic) bond motifs is 1. The minimum atomic E-state index is -0.416. The Morgan fingerprint density at radius 3 is 2.78 bits per heavy atom. The van der Waals surface area contributed by atoms with Crippen molar-refractivity contribution in [1.82, 2.24) is 30.2 Å². The third kappa shape index (κ3) is 3.87. The maximum Gasteiger partial charge on any atom is 0.255 e. The molecule has 32 heavy (non-hydrogen) atoms. The molecule has 4 aromatic rings. The van der Waals surface area contributed by atoms with Crippen LogP contribution < -0.4 is 15.4 Å². The molecule has 0 saturated carbocycles. The minimum Gasteiger partial charge on any atom is -0.481 e. The lowest BCUT2D eigenvalue weighted by molar-refractivity contribution is 0.0940. The third-order valence-electron chi connectivity index (χ3n) is 4.95. The number of hydrogen-bond donors (Lipinski definition) is 5. The second kappa shape index (κ2) is 8.46. The fourth-order valence-electron chi connectivity index (χ4n) is 3.25. The van der Waals surface area contributed by atoms with Gasteiger partial charge in [-0.15, -0.1) is 0 Å². The lowest BCUT2D eigenvalue weighted by atomic mass is 10.1. The predicted octanol–water partition coefficient (Wildman–Crippen LogP) is 2.78. The molecule has 11 heteroatoms. The molecule has 5 N–H and O–H groups in total. The average Bonchev–Trinajstić information content (AvgIpc) is 3.45. The number of hydrogen-bond acceptors (Lipinski definition) is 7. The molecule has 3 heterocycles. The highest BCUT2D eigenvalue weighted by Gasteiger charge is 2.20. The van der Waals surface area contributed by atoms with E-state index in [0.717, 1.165) is 0 Å². The Morgan fingerprint density at radius 1 is 1.25 bits per heavy atom. The first-order valence-electron chi connectivity index (χ1n) is 9.71. The van der Waals surface area contributed by atoms with Crippen LogP contribution >= 0.6 is 0 Å². The summed E-state index contributed by atoms with van der Waals surface area (Å²) in [6.45, 7) is 1.78. The van der Waals surface area contributed by atoms with Crippen molar-refractivity contribution in [2.75, 3.05) is 19.5 Å². The van der Waals surface area contributed by atoms with Crippen LogP contribution in [0, 0.1) is 11.2 Å². The summed E-state index contributed by atoms with van der Waals surface area (Å²) in [5, 5.41) is 14.3. The summed E-state index contributed by atoms with van der Waals surface area (Å²) in [5.41, 5.74) is 2.22. The highest BCUT2D eigenvalue weighted by molar-refractivity contribution is 6.14. The van der Waals surface area contributed by atoms with Crippen LogP contribution in [0.25, 0.3) is 11.2 Å². The number of aromatic amines is 2. The second-order valence-electron chi connectivity index (χ2n) is 7.00. The van der Waals surface area contributed by atoms with Crippen LogP contribution in [-0.4, -0.2) is 50.7 Å². The van der Waals surface area contributed by atoms with Crippen molar-refractivity contribution in [1.29, 1.82) is 5.41 Å². The van der Waals surface area contributed by atoms with Crippen molar-refractivity contribution in [3.05, 3.63) is 65.3 Å². The predicted molar refractivity (Wildman–Crippen MR) is 117 cm³/mol. The molecule has 0 aliphatic carbocycles. The average molecular weight is 436 g/mol. The van der Waals surface area contributed by atoms with Gasteiger partial charge in [0, 0.05) is 24.5 Å². The summed E-state index contributed by atoms with van der Waals surface area (Å²) < 4.78 is 18.6. The number of imidazole rings is 1. The van der Waals surface area contributed by atoms with Crippen molar-refractivity contribution < 1.29 is 13.9 Å². The number of benzene rings is 1. The first-order valence-corrected chi connectivity index (χ1v) is 9.71. The van der Waals surface area contributed by atoms with E-state index in [1.165, 1.54) is 43.9 Å². The van der Waals surface area contributed by atoms with E-state index in [-0.39, 0.29) is 22.9 Å². The smallest absolute Gasteiger partial charge is 0.255 e. The number of carbonyl (C=O) groups excluding carboxylic acids is 1. The number of carbonyl (C=O) groups is 1. The molecule has 0 fully saturated rings. The van der Waals surface area contributed by atoms with Gasteiger partial charge in [-0.25, -0.2) is 19.3 Å². The van der Waals surface area contributed by atoms with E-state index in [1.54, 1.807) is 14.0 Å². The second-order valence-corrected chi connectivity index (χ2v) is 7.00. The summed E-state index contributed by atoms with van der Waals surface area (Å²) in [5.74, 6) is 0.235. The van der Waals surface area contributed by atoms with Gasteiger partial charge in [0.15, 0.2) is 5.65 Å². The number of nitrogens with zero attached hydrogens (tertiary/aromatic N) is 3. The Kier molecular flexibility index (Phi) is 5.54. The molecular weight excluding hydrogens is 415 g/mol. The van der Waals surface area contributed by atoms with Gasteiger partial charge in [-0.1, -0.05) is 0 Å². The van der Waals surface area contributed by atoms with Gasteiger partial charge in [0.2, 0.25) is 5.88 Å². The molecule has 0 spiro atoms. The van der Waals surface area contributed by atoms with Crippen molar-refractivity contribution in [2.45, 2.75) is 13.0 Å². The van der Waals surface area contributed by atoms with E-state index in [2.05, 4.69) is 35.6 Å².